The summed E-state index contributed by atoms with van der Waals surface area (Å²) in [6, 6.07) is 17.7. The molecule has 0 aliphatic heterocycles. The van der Waals surface area contributed by atoms with Gasteiger partial charge in [-0.05, 0) is 41.5 Å². The summed E-state index contributed by atoms with van der Waals surface area (Å²) in [6.45, 7) is 2.04. The first-order chi connectivity index (χ1) is 11.8. The topological polar surface area (TPSA) is 88.8 Å². The molecular formula is C17H14N6O. The summed E-state index contributed by atoms with van der Waals surface area (Å²) >= 11 is 0. The highest BCUT2D eigenvalue weighted by molar-refractivity contribution is 5.78. The van der Waals surface area contributed by atoms with Gasteiger partial charge in [0.05, 0.1) is 0 Å². The van der Waals surface area contributed by atoms with Crippen LogP contribution >= 0.6 is 0 Å². The highest BCUT2D eigenvalue weighted by Gasteiger charge is 2.13. The van der Waals surface area contributed by atoms with Crippen molar-refractivity contribution in [2.24, 2.45) is 0 Å². The zero-order valence-electron chi connectivity index (χ0n) is 12.9. The van der Waals surface area contributed by atoms with Crippen molar-refractivity contribution in [2.45, 2.75) is 6.92 Å². The smallest absolute Gasteiger partial charge is 0.245 e. The van der Waals surface area contributed by atoms with Crippen LogP contribution in [0.5, 0.6) is 0 Å². The second-order valence-corrected chi connectivity index (χ2v) is 5.31. The minimum Gasteiger partial charge on any atom is -0.337 e. The quantitative estimate of drug-likeness (QED) is 0.591. The first kappa shape index (κ1) is 14.1. The molecule has 7 nitrogen and oxygen atoms in total. The van der Waals surface area contributed by atoms with E-state index >= 15 is 0 Å². The fraction of sp³-hybridized carbons (Fsp3) is 0.0588. The molecule has 0 saturated heterocycles. The SMILES string of the molecule is Cc1ccc(Nc2nc3nonc3nc2Nc2ccccc2)cc1. The first-order valence-corrected chi connectivity index (χ1v) is 7.44. The summed E-state index contributed by atoms with van der Waals surface area (Å²) in [5, 5.41) is 14.0. The number of aryl methyl sites for hydroxylation is 1. The largest absolute Gasteiger partial charge is 0.337 e. The fourth-order valence-electron chi connectivity index (χ4n) is 2.24. The van der Waals surface area contributed by atoms with Gasteiger partial charge in [0.2, 0.25) is 11.3 Å². The van der Waals surface area contributed by atoms with Gasteiger partial charge in [0.15, 0.2) is 11.6 Å². The number of hydrogen-bond donors (Lipinski definition) is 2. The number of benzene rings is 2. The van der Waals surface area contributed by atoms with Crippen LogP contribution in [-0.4, -0.2) is 20.3 Å². The zero-order chi connectivity index (χ0) is 16.4. The number of hydrogen-bond acceptors (Lipinski definition) is 7. The maximum atomic E-state index is 4.71. The van der Waals surface area contributed by atoms with Gasteiger partial charge in [-0.15, -0.1) is 0 Å². The molecule has 0 atom stereocenters. The summed E-state index contributed by atoms with van der Waals surface area (Å²) in [4.78, 5) is 8.89. The number of rotatable bonds is 4. The van der Waals surface area contributed by atoms with Gasteiger partial charge >= 0.3 is 0 Å². The number of fused-ring (bicyclic) bond motifs is 1. The third-order valence-electron chi connectivity index (χ3n) is 3.47. The van der Waals surface area contributed by atoms with Crippen molar-refractivity contribution in [1.29, 1.82) is 0 Å². The number of aromatic nitrogens is 4. The molecule has 0 spiro atoms. The Hall–Kier alpha value is -3.48. The second-order valence-electron chi connectivity index (χ2n) is 5.31. The lowest BCUT2D eigenvalue weighted by Gasteiger charge is -2.11. The molecule has 0 unspecified atom stereocenters. The summed E-state index contributed by atoms with van der Waals surface area (Å²) in [5.74, 6) is 1.09. The molecular weight excluding hydrogens is 304 g/mol. The number of nitrogens with zero attached hydrogens (tertiary/aromatic N) is 4. The van der Waals surface area contributed by atoms with Crippen molar-refractivity contribution in [2.75, 3.05) is 10.6 Å². The van der Waals surface area contributed by atoms with E-state index in [-0.39, 0.29) is 0 Å². The van der Waals surface area contributed by atoms with Gasteiger partial charge in [-0.25, -0.2) is 14.6 Å². The molecule has 2 aromatic carbocycles. The molecule has 4 aromatic rings. The van der Waals surface area contributed by atoms with E-state index in [0.717, 1.165) is 11.4 Å². The van der Waals surface area contributed by atoms with E-state index < -0.39 is 0 Å². The van der Waals surface area contributed by atoms with E-state index in [1.807, 2.05) is 61.5 Å². The monoisotopic (exact) mass is 318 g/mol. The average molecular weight is 318 g/mol. The molecule has 2 heterocycles. The van der Waals surface area contributed by atoms with Gasteiger partial charge in [-0.1, -0.05) is 35.9 Å². The highest BCUT2D eigenvalue weighted by atomic mass is 16.6. The molecule has 0 bridgehead atoms. The van der Waals surface area contributed by atoms with E-state index in [1.165, 1.54) is 5.56 Å². The molecule has 2 aromatic heterocycles. The van der Waals surface area contributed by atoms with Crippen molar-refractivity contribution in [3.8, 4) is 0 Å². The maximum absolute atomic E-state index is 4.71. The maximum Gasteiger partial charge on any atom is 0.245 e. The van der Waals surface area contributed by atoms with Crippen LogP contribution in [0.25, 0.3) is 11.3 Å². The van der Waals surface area contributed by atoms with Crippen LogP contribution < -0.4 is 10.6 Å². The number of para-hydroxylation sites is 1. The Morgan fingerprint density at radius 2 is 1.25 bits per heavy atom. The van der Waals surface area contributed by atoms with Crippen LogP contribution in [-0.2, 0) is 0 Å². The molecule has 7 heteroatoms. The third-order valence-corrected chi connectivity index (χ3v) is 3.47. The summed E-state index contributed by atoms with van der Waals surface area (Å²) < 4.78 is 4.71. The summed E-state index contributed by atoms with van der Waals surface area (Å²) in [6.07, 6.45) is 0. The minimum absolute atomic E-state index is 0.350. The Labute approximate surface area is 137 Å². The van der Waals surface area contributed by atoms with Crippen molar-refractivity contribution in [1.82, 2.24) is 20.3 Å². The first-order valence-electron chi connectivity index (χ1n) is 7.44. The standard InChI is InChI=1S/C17H14N6O/c1-11-7-9-13(10-8-11)19-15-14(18-12-5-3-2-4-6-12)20-16-17(21-15)23-24-22-16/h2-10H,1H3,(H,18,20,22)(H,19,21,23). The number of nitrogens with one attached hydrogen (secondary N) is 2. The van der Waals surface area contributed by atoms with Gasteiger partial charge in [-0.3, -0.25) is 0 Å². The Balaban J connectivity index is 1.74. The molecule has 118 valence electrons. The van der Waals surface area contributed by atoms with E-state index in [2.05, 4.69) is 30.9 Å². The van der Waals surface area contributed by atoms with Crippen molar-refractivity contribution in [3.63, 3.8) is 0 Å². The second kappa shape index (κ2) is 5.96. The van der Waals surface area contributed by atoms with Crippen LogP contribution in [0.15, 0.2) is 59.2 Å². The Morgan fingerprint density at radius 1 is 0.708 bits per heavy atom. The Kier molecular flexibility index (Phi) is 3.51. The zero-order valence-corrected chi connectivity index (χ0v) is 12.9. The lowest BCUT2D eigenvalue weighted by molar-refractivity contribution is 0.314. The normalized spacial score (nSPS) is 10.7. The van der Waals surface area contributed by atoms with Crippen molar-refractivity contribution >= 4 is 34.3 Å². The molecule has 0 fully saturated rings. The van der Waals surface area contributed by atoms with E-state index in [4.69, 9.17) is 4.63 Å². The van der Waals surface area contributed by atoms with E-state index in [1.54, 1.807) is 0 Å². The van der Waals surface area contributed by atoms with Gasteiger partial charge < -0.3 is 10.6 Å². The van der Waals surface area contributed by atoms with E-state index in [9.17, 15) is 0 Å². The number of anilines is 4. The molecule has 4 rings (SSSR count). The predicted molar refractivity (Wildman–Crippen MR) is 91.6 cm³/mol. The molecule has 2 N–H and O–H groups in total. The predicted octanol–water partition coefficient (Wildman–Crippen LogP) is 3.81. The molecule has 0 amide bonds. The Bertz CT molecular complexity index is 965. The molecule has 24 heavy (non-hydrogen) atoms. The van der Waals surface area contributed by atoms with Crippen LogP contribution in [0.4, 0.5) is 23.0 Å². The van der Waals surface area contributed by atoms with Gasteiger partial charge in [0, 0.05) is 11.4 Å². The lowest BCUT2D eigenvalue weighted by Crippen LogP contribution is -2.03. The molecule has 0 aliphatic carbocycles. The van der Waals surface area contributed by atoms with Gasteiger partial charge in [0.1, 0.15) is 0 Å². The molecule has 0 saturated carbocycles. The third kappa shape index (κ3) is 2.87. The Morgan fingerprint density at radius 3 is 1.83 bits per heavy atom. The van der Waals surface area contributed by atoms with Crippen molar-refractivity contribution in [3.05, 3.63) is 60.2 Å². The van der Waals surface area contributed by atoms with Crippen LogP contribution in [0.1, 0.15) is 5.56 Å². The minimum atomic E-state index is 0.350. The lowest BCUT2D eigenvalue weighted by atomic mass is 10.2. The molecule has 0 aliphatic rings. The summed E-state index contributed by atoms with van der Waals surface area (Å²) in [7, 11) is 0. The van der Waals surface area contributed by atoms with Crippen LogP contribution in [0, 0.1) is 6.92 Å². The highest BCUT2D eigenvalue weighted by Crippen LogP contribution is 2.26. The molecule has 0 radical (unpaired) electrons. The van der Waals surface area contributed by atoms with Gasteiger partial charge in [0.25, 0.3) is 0 Å². The average Bonchev–Trinajstić information content (AvgIpc) is 3.05. The van der Waals surface area contributed by atoms with Crippen LogP contribution in [0.2, 0.25) is 0 Å². The van der Waals surface area contributed by atoms with Crippen molar-refractivity contribution < 1.29 is 4.63 Å². The van der Waals surface area contributed by atoms with Crippen LogP contribution in [0.3, 0.4) is 0 Å². The van der Waals surface area contributed by atoms with Gasteiger partial charge in [-0.2, -0.15) is 0 Å². The fourth-order valence-corrected chi connectivity index (χ4v) is 2.24. The summed E-state index contributed by atoms with van der Waals surface area (Å²) in [5.41, 5.74) is 3.69. The van der Waals surface area contributed by atoms with E-state index in [0.29, 0.717) is 22.9 Å².